The van der Waals surface area contributed by atoms with E-state index in [1.165, 1.54) is 276 Å². The first-order valence-electron chi connectivity index (χ1n) is 45.0. The largest absolute Gasteiger partial charge is 0.472 e. The zero-order valence-electron chi connectivity index (χ0n) is 69.7. The van der Waals surface area contributed by atoms with Crippen LogP contribution in [0.25, 0.3) is 0 Å². The van der Waals surface area contributed by atoms with Crippen molar-refractivity contribution in [3.05, 3.63) is 0 Å². The van der Waals surface area contributed by atoms with E-state index in [0.29, 0.717) is 25.7 Å². The van der Waals surface area contributed by atoms with Gasteiger partial charge in [0.1, 0.15) is 19.3 Å². The van der Waals surface area contributed by atoms with Crippen molar-refractivity contribution in [1.29, 1.82) is 0 Å². The molecule has 0 amide bonds. The predicted molar refractivity (Wildman–Crippen MR) is 437 cm³/mol. The van der Waals surface area contributed by atoms with Crippen LogP contribution in [0.3, 0.4) is 0 Å². The summed E-state index contributed by atoms with van der Waals surface area (Å²) in [5, 5.41) is 10.7. The molecule has 0 bridgehead atoms. The van der Waals surface area contributed by atoms with E-state index < -0.39 is 97.5 Å². The molecule has 0 aliphatic carbocycles. The van der Waals surface area contributed by atoms with Crippen molar-refractivity contribution >= 4 is 39.5 Å². The van der Waals surface area contributed by atoms with Crippen molar-refractivity contribution in [2.75, 3.05) is 39.6 Å². The number of rotatable bonds is 86. The van der Waals surface area contributed by atoms with Crippen molar-refractivity contribution in [2.24, 2.45) is 11.8 Å². The van der Waals surface area contributed by atoms with Crippen LogP contribution in [0.2, 0.25) is 0 Å². The Morgan fingerprint density at radius 1 is 0.255 bits per heavy atom. The number of hydrogen-bond donors (Lipinski definition) is 3. The maximum absolute atomic E-state index is 13.1. The molecule has 0 radical (unpaired) electrons. The highest BCUT2D eigenvalue weighted by Gasteiger charge is 2.30. The van der Waals surface area contributed by atoms with Crippen LogP contribution in [-0.4, -0.2) is 96.7 Å². The third-order valence-electron chi connectivity index (χ3n) is 20.5. The summed E-state index contributed by atoms with van der Waals surface area (Å²) in [5.74, 6) is -0.495. The predicted octanol–water partition coefficient (Wildman–Crippen LogP) is 26.6. The zero-order chi connectivity index (χ0) is 77.8. The Labute approximate surface area is 651 Å². The van der Waals surface area contributed by atoms with E-state index in [9.17, 15) is 43.2 Å². The number of hydrogen-bond acceptors (Lipinski definition) is 15. The molecule has 630 valence electrons. The van der Waals surface area contributed by atoms with Crippen molar-refractivity contribution in [1.82, 2.24) is 0 Å². The van der Waals surface area contributed by atoms with Crippen molar-refractivity contribution in [3.63, 3.8) is 0 Å². The number of phosphoric ester groups is 2. The minimum absolute atomic E-state index is 0.108. The Morgan fingerprint density at radius 3 is 0.642 bits per heavy atom. The minimum atomic E-state index is -4.97. The molecule has 19 heteroatoms. The van der Waals surface area contributed by atoms with Crippen LogP contribution in [0, 0.1) is 11.8 Å². The maximum Gasteiger partial charge on any atom is 0.472 e. The number of phosphoric acid groups is 2. The summed E-state index contributed by atoms with van der Waals surface area (Å²) in [4.78, 5) is 73.1. The third kappa shape index (κ3) is 80.1. The number of esters is 4. The van der Waals surface area contributed by atoms with E-state index in [1.54, 1.807) is 0 Å². The highest BCUT2D eigenvalue weighted by atomic mass is 31.2. The molecule has 0 aliphatic heterocycles. The molecule has 0 aliphatic rings. The molecule has 0 rings (SSSR count). The summed E-state index contributed by atoms with van der Waals surface area (Å²) >= 11 is 0. The second-order valence-electron chi connectivity index (χ2n) is 32.2. The molecule has 0 fully saturated rings. The smallest absolute Gasteiger partial charge is 0.462 e. The van der Waals surface area contributed by atoms with Gasteiger partial charge in [-0.2, -0.15) is 0 Å². The van der Waals surface area contributed by atoms with Gasteiger partial charge in [0.15, 0.2) is 12.2 Å². The highest BCUT2D eigenvalue weighted by Crippen LogP contribution is 2.45. The van der Waals surface area contributed by atoms with E-state index in [4.69, 9.17) is 37.0 Å². The number of carbonyl (C=O) groups is 4. The average molecular weight is 1550 g/mol. The van der Waals surface area contributed by atoms with E-state index in [2.05, 4.69) is 41.5 Å². The number of aliphatic hydroxyl groups is 1. The van der Waals surface area contributed by atoms with Crippen LogP contribution in [0.4, 0.5) is 0 Å². The van der Waals surface area contributed by atoms with Crippen LogP contribution >= 0.6 is 15.6 Å². The van der Waals surface area contributed by atoms with Gasteiger partial charge in [-0.05, 0) is 37.5 Å². The molecule has 0 heterocycles. The fourth-order valence-corrected chi connectivity index (χ4v) is 15.2. The van der Waals surface area contributed by atoms with Crippen LogP contribution in [0.1, 0.15) is 465 Å². The summed E-state index contributed by atoms with van der Waals surface area (Å²) < 4.78 is 68.8. The molecule has 5 atom stereocenters. The molecular weight excluding hydrogens is 1380 g/mol. The number of unbranched alkanes of at least 4 members (excludes halogenated alkanes) is 56. The molecule has 0 saturated carbocycles. The number of aliphatic hydroxyl groups excluding tert-OH is 1. The Kier molecular flexibility index (Phi) is 76.9. The van der Waals surface area contributed by atoms with Crippen molar-refractivity contribution < 1.29 is 80.2 Å². The molecule has 0 saturated heterocycles. The van der Waals surface area contributed by atoms with Gasteiger partial charge in [-0.1, -0.05) is 414 Å². The third-order valence-corrected chi connectivity index (χ3v) is 22.4. The lowest BCUT2D eigenvalue weighted by molar-refractivity contribution is -0.161. The quantitative estimate of drug-likeness (QED) is 0.0222. The Balaban J connectivity index is 5.18. The van der Waals surface area contributed by atoms with Crippen molar-refractivity contribution in [2.45, 2.75) is 484 Å². The first-order chi connectivity index (χ1) is 51.4. The van der Waals surface area contributed by atoms with Crippen LogP contribution in [0.15, 0.2) is 0 Å². The first kappa shape index (κ1) is 104. The fraction of sp³-hybridized carbons (Fsp3) is 0.954. The normalized spacial score (nSPS) is 13.8. The standard InChI is InChI=1S/C87H170O17P2/c1-7-9-11-13-15-17-18-19-20-21-22-23-24-25-26-31-37-42-47-53-59-65-72-87(92)104-83(76-98-85(90)70-64-58-52-46-41-36-32-27-29-34-39-44-49-55-61-67-79(3)4)78-102-106(95,96)100-74-81(88)73-99-105(93,94)101-77-82(75-97-84(89)69-63-57-51-16-14-12-10-8-2)103-86(91)71-66-60-54-48-43-38-33-28-30-35-40-45-50-56-62-68-80(5)6/h79-83,88H,7-78H2,1-6H3,(H,93,94)(H,95,96)/t81-,82+,83+/m0/s1. The van der Waals surface area contributed by atoms with E-state index in [0.717, 1.165) is 108 Å². The van der Waals surface area contributed by atoms with Gasteiger partial charge in [-0.25, -0.2) is 9.13 Å². The molecule has 0 aromatic carbocycles. The highest BCUT2D eigenvalue weighted by molar-refractivity contribution is 7.47. The lowest BCUT2D eigenvalue weighted by Gasteiger charge is -2.21. The summed E-state index contributed by atoms with van der Waals surface area (Å²) in [6, 6.07) is 0. The molecule has 17 nitrogen and oxygen atoms in total. The first-order valence-corrected chi connectivity index (χ1v) is 48.0. The summed E-state index contributed by atoms with van der Waals surface area (Å²) in [6.45, 7) is 9.70. The van der Waals surface area contributed by atoms with Crippen molar-refractivity contribution in [3.8, 4) is 0 Å². The fourth-order valence-electron chi connectivity index (χ4n) is 13.6. The van der Waals surface area contributed by atoms with E-state index in [-0.39, 0.29) is 25.7 Å². The average Bonchev–Trinajstić information content (AvgIpc) is 0.901. The van der Waals surface area contributed by atoms with Gasteiger partial charge in [0.25, 0.3) is 0 Å². The van der Waals surface area contributed by atoms with Gasteiger partial charge in [0.05, 0.1) is 26.4 Å². The van der Waals surface area contributed by atoms with Crippen LogP contribution in [-0.2, 0) is 65.4 Å². The second kappa shape index (κ2) is 78.3. The monoisotopic (exact) mass is 1550 g/mol. The van der Waals surface area contributed by atoms with E-state index >= 15 is 0 Å². The molecule has 0 aromatic heterocycles. The number of carbonyl (C=O) groups excluding carboxylic acids is 4. The molecule has 0 aromatic rings. The Morgan fingerprint density at radius 2 is 0.434 bits per heavy atom. The minimum Gasteiger partial charge on any atom is -0.462 e. The van der Waals surface area contributed by atoms with Gasteiger partial charge < -0.3 is 33.8 Å². The Hall–Kier alpha value is -1.94. The Bertz CT molecular complexity index is 2030. The molecule has 0 spiro atoms. The SMILES string of the molecule is CCCCCCCCCCCCCCCCCCCCCCCCC(=O)O[C@H](COC(=O)CCCCCCCCCCCCCCCCCC(C)C)COP(=O)(O)OC[C@@H](O)COP(=O)(O)OC[C@@H](COC(=O)CCCCCCCCCC)OC(=O)CCCCCCCCCCCCCCCCCC(C)C. The van der Waals surface area contributed by atoms with Gasteiger partial charge in [0, 0.05) is 25.7 Å². The maximum atomic E-state index is 13.1. The molecule has 3 N–H and O–H groups in total. The van der Waals surface area contributed by atoms with Gasteiger partial charge in [0.2, 0.25) is 0 Å². The lowest BCUT2D eigenvalue weighted by atomic mass is 10.0. The number of ether oxygens (including phenoxy) is 4. The van der Waals surface area contributed by atoms with Gasteiger partial charge in [-0.3, -0.25) is 37.3 Å². The zero-order valence-corrected chi connectivity index (χ0v) is 71.5. The lowest BCUT2D eigenvalue weighted by Crippen LogP contribution is -2.30. The van der Waals surface area contributed by atoms with Gasteiger partial charge >= 0.3 is 39.5 Å². The summed E-state index contributed by atoms with van der Waals surface area (Å²) in [7, 11) is -9.92. The summed E-state index contributed by atoms with van der Waals surface area (Å²) in [6.07, 6.45) is 71.0. The topological polar surface area (TPSA) is 237 Å². The molecule has 2 unspecified atom stereocenters. The van der Waals surface area contributed by atoms with Crippen LogP contribution in [0.5, 0.6) is 0 Å². The summed E-state index contributed by atoms with van der Waals surface area (Å²) in [5.41, 5.74) is 0. The van der Waals surface area contributed by atoms with Gasteiger partial charge in [-0.15, -0.1) is 0 Å². The van der Waals surface area contributed by atoms with E-state index in [1.807, 2.05) is 0 Å². The van der Waals surface area contributed by atoms with Crippen LogP contribution < -0.4 is 0 Å². The second-order valence-corrected chi connectivity index (χ2v) is 35.1. The molecular formula is C87H170O17P2. The molecule has 106 heavy (non-hydrogen) atoms.